The minimum atomic E-state index is -0.934. The van der Waals surface area contributed by atoms with Crippen molar-refractivity contribution >= 4 is 29.3 Å². The van der Waals surface area contributed by atoms with Gasteiger partial charge in [-0.05, 0) is 43.0 Å². The molecule has 5 nitrogen and oxygen atoms in total. The molecule has 1 aliphatic heterocycles. The van der Waals surface area contributed by atoms with Gasteiger partial charge in [-0.1, -0.05) is 25.4 Å². The van der Waals surface area contributed by atoms with Crippen molar-refractivity contribution in [2.75, 3.05) is 13.1 Å². The summed E-state index contributed by atoms with van der Waals surface area (Å²) in [5.41, 5.74) is 0.639. The van der Waals surface area contributed by atoms with Gasteiger partial charge in [-0.2, -0.15) is 0 Å². The Morgan fingerprint density at radius 1 is 1.16 bits per heavy atom. The molecular weight excluding hydrogens is 342 g/mol. The first-order valence-corrected chi connectivity index (χ1v) is 8.97. The molecular formula is C19H24ClNO4. The fourth-order valence-corrected chi connectivity index (χ4v) is 3.29. The Hall–Kier alpha value is -1.88. The highest BCUT2D eigenvalue weighted by Crippen LogP contribution is 2.24. The number of Topliss-reactive ketones (excluding diaryl/α,β-unsaturated/α-hetero) is 1. The third-order valence-corrected chi connectivity index (χ3v) is 5.12. The topological polar surface area (TPSA) is 74.7 Å². The van der Waals surface area contributed by atoms with Crippen molar-refractivity contribution in [3.8, 4) is 0 Å². The lowest BCUT2D eigenvalue weighted by Crippen LogP contribution is -2.41. The van der Waals surface area contributed by atoms with E-state index in [0.29, 0.717) is 36.5 Å². The van der Waals surface area contributed by atoms with Gasteiger partial charge in [-0.3, -0.25) is 14.4 Å². The average Bonchev–Trinajstić information content (AvgIpc) is 2.59. The molecule has 0 unspecified atom stereocenters. The van der Waals surface area contributed by atoms with Crippen molar-refractivity contribution in [3.05, 3.63) is 34.9 Å². The largest absolute Gasteiger partial charge is 0.481 e. The highest BCUT2D eigenvalue weighted by atomic mass is 35.5. The molecule has 136 valence electrons. The number of aliphatic carboxylic acids is 1. The summed E-state index contributed by atoms with van der Waals surface area (Å²) < 4.78 is 0. The van der Waals surface area contributed by atoms with E-state index in [1.165, 1.54) is 0 Å². The molecule has 2 rings (SSSR count). The lowest BCUT2D eigenvalue weighted by Gasteiger charge is -2.32. The summed E-state index contributed by atoms with van der Waals surface area (Å²) >= 11 is 5.84. The highest BCUT2D eigenvalue weighted by molar-refractivity contribution is 6.30. The third-order valence-electron chi connectivity index (χ3n) is 4.86. The van der Waals surface area contributed by atoms with Crippen molar-refractivity contribution in [2.24, 2.45) is 17.8 Å². The summed E-state index contributed by atoms with van der Waals surface area (Å²) in [5.74, 6) is -1.86. The van der Waals surface area contributed by atoms with Crippen molar-refractivity contribution in [3.63, 3.8) is 0 Å². The lowest BCUT2D eigenvalue weighted by atomic mass is 9.88. The second-order valence-corrected chi connectivity index (χ2v) is 7.36. The second kappa shape index (κ2) is 8.48. The number of carboxylic acids is 1. The third kappa shape index (κ3) is 5.05. The number of amides is 1. The Morgan fingerprint density at radius 3 is 2.20 bits per heavy atom. The van der Waals surface area contributed by atoms with E-state index in [0.717, 1.165) is 0 Å². The first kappa shape index (κ1) is 19.4. The molecule has 25 heavy (non-hydrogen) atoms. The summed E-state index contributed by atoms with van der Waals surface area (Å²) in [5, 5.41) is 9.82. The molecule has 1 fully saturated rings. The van der Waals surface area contributed by atoms with Gasteiger partial charge >= 0.3 is 5.97 Å². The standard InChI is InChI=1S/C19H24ClNO4/c1-12(2)16(19(24)25)11-17(22)21-9-7-14(8-10-21)18(23)13-3-5-15(20)6-4-13/h3-6,12,14,16H,7-11H2,1-2H3,(H,24,25)/t16-/m0/s1. The molecule has 1 N–H and O–H groups in total. The molecule has 0 radical (unpaired) electrons. The Bertz CT molecular complexity index is 633. The zero-order chi connectivity index (χ0) is 18.6. The molecule has 0 bridgehead atoms. The van der Waals surface area contributed by atoms with Crippen LogP contribution in [0.4, 0.5) is 0 Å². The number of hydrogen-bond acceptors (Lipinski definition) is 3. The number of ketones is 1. The maximum Gasteiger partial charge on any atom is 0.307 e. The van der Waals surface area contributed by atoms with Crippen LogP contribution >= 0.6 is 11.6 Å². The lowest BCUT2D eigenvalue weighted by molar-refractivity contribution is -0.148. The Kier molecular flexibility index (Phi) is 6.59. The van der Waals surface area contributed by atoms with Gasteiger partial charge in [0.05, 0.1) is 5.92 Å². The summed E-state index contributed by atoms with van der Waals surface area (Å²) in [6.45, 7) is 4.60. The maximum absolute atomic E-state index is 12.5. The van der Waals surface area contributed by atoms with Gasteiger partial charge < -0.3 is 10.0 Å². The number of likely N-dealkylation sites (tertiary alicyclic amines) is 1. The first-order chi connectivity index (χ1) is 11.8. The normalized spacial score (nSPS) is 16.7. The van der Waals surface area contributed by atoms with Crippen LogP contribution in [0.1, 0.15) is 43.5 Å². The summed E-state index contributed by atoms with van der Waals surface area (Å²) in [7, 11) is 0. The van der Waals surface area contributed by atoms with Gasteiger partial charge in [0.2, 0.25) is 5.91 Å². The van der Waals surface area contributed by atoms with Crippen molar-refractivity contribution in [1.29, 1.82) is 0 Å². The van der Waals surface area contributed by atoms with Crippen LogP contribution in [0, 0.1) is 17.8 Å². The minimum absolute atomic E-state index is 0.0167. The Balaban J connectivity index is 1.90. The van der Waals surface area contributed by atoms with Gasteiger partial charge in [0.1, 0.15) is 0 Å². The van der Waals surface area contributed by atoms with E-state index in [-0.39, 0.29) is 29.9 Å². The van der Waals surface area contributed by atoms with Gasteiger partial charge in [0, 0.05) is 36.0 Å². The fourth-order valence-electron chi connectivity index (χ4n) is 3.17. The number of carbonyl (C=O) groups excluding carboxylic acids is 2. The Labute approximate surface area is 153 Å². The van der Waals surface area contributed by atoms with Crippen LogP contribution in [0.25, 0.3) is 0 Å². The molecule has 1 amide bonds. The summed E-state index contributed by atoms with van der Waals surface area (Å²) in [4.78, 5) is 37.8. The monoisotopic (exact) mass is 365 g/mol. The van der Waals surface area contributed by atoms with Crippen LogP contribution in [-0.4, -0.2) is 40.8 Å². The van der Waals surface area contributed by atoms with Crippen LogP contribution in [0.15, 0.2) is 24.3 Å². The summed E-state index contributed by atoms with van der Waals surface area (Å²) in [6.07, 6.45) is 1.22. The van der Waals surface area contributed by atoms with E-state index in [1.807, 2.05) is 13.8 Å². The van der Waals surface area contributed by atoms with E-state index in [4.69, 9.17) is 11.6 Å². The SMILES string of the molecule is CC(C)[C@H](CC(=O)N1CCC(C(=O)c2ccc(Cl)cc2)CC1)C(=O)O. The van der Waals surface area contributed by atoms with Gasteiger partial charge in [-0.15, -0.1) is 0 Å². The van der Waals surface area contributed by atoms with E-state index >= 15 is 0 Å². The number of rotatable bonds is 6. The molecule has 1 heterocycles. The van der Waals surface area contributed by atoms with Crippen LogP contribution in [0.5, 0.6) is 0 Å². The number of piperidine rings is 1. The van der Waals surface area contributed by atoms with E-state index < -0.39 is 11.9 Å². The molecule has 1 saturated heterocycles. The molecule has 1 aromatic carbocycles. The van der Waals surface area contributed by atoms with Gasteiger partial charge in [-0.25, -0.2) is 0 Å². The van der Waals surface area contributed by atoms with Crippen LogP contribution in [0.3, 0.4) is 0 Å². The number of halogens is 1. The van der Waals surface area contributed by atoms with E-state index in [2.05, 4.69) is 0 Å². The molecule has 0 saturated carbocycles. The second-order valence-electron chi connectivity index (χ2n) is 6.92. The van der Waals surface area contributed by atoms with Crippen LogP contribution in [0.2, 0.25) is 5.02 Å². The molecule has 6 heteroatoms. The van der Waals surface area contributed by atoms with Gasteiger partial charge in [0.15, 0.2) is 5.78 Å². The molecule has 0 spiro atoms. The first-order valence-electron chi connectivity index (χ1n) is 8.60. The molecule has 0 aliphatic carbocycles. The van der Waals surface area contributed by atoms with Crippen LogP contribution in [-0.2, 0) is 9.59 Å². The molecule has 1 atom stereocenters. The van der Waals surface area contributed by atoms with E-state index in [1.54, 1.807) is 29.2 Å². The number of nitrogens with zero attached hydrogens (tertiary/aromatic N) is 1. The number of carbonyl (C=O) groups is 3. The fraction of sp³-hybridized carbons (Fsp3) is 0.526. The highest BCUT2D eigenvalue weighted by Gasteiger charge is 2.31. The average molecular weight is 366 g/mol. The molecule has 0 aromatic heterocycles. The molecule has 1 aromatic rings. The number of hydrogen-bond donors (Lipinski definition) is 1. The number of carboxylic acid groups (broad SMARTS) is 1. The van der Waals surface area contributed by atoms with E-state index in [9.17, 15) is 19.5 Å². The molecule has 1 aliphatic rings. The van der Waals surface area contributed by atoms with Crippen molar-refractivity contribution in [2.45, 2.75) is 33.1 Å². The number of benzene rings is 1. The van der Waals surface area contributed by atoms with Gasteiger partial charge in [0.25, 0.3) is 0 Å². The van der Waals surface area contributed by atoms with Crippen LogP contribution < -0.4 is 0 Å². The predicted molar refractivity (Wildman–Crippen MR) is 95.7 cm³/mol. The summed E-state index contributed by atoms with van der Waals surface area (Å²) in [6, 6.07) is 6.85. The van der Waals surface area contributed by atoms with Crippen molar-refractivity contribution in [1.82, 2.24) is 4.90 Å². The minimum Gasteiger partial charge on any atom is -0.481 e. The quantitative estimate of drug-likeness (QED) is 0.783. The van der Waals surface area contributed by atoms with Crippen molar-refractivity contribution < 1.29 is 19.5 Å². The zero-order valence-electron chi connectivity index (χ0n) is 14.6. The predicted octanol–water partition coefficient (Wildman–Crippen LogP) is 3.51. The smallest absolute Gasteiger partial charge is 0.307 e. The Morgan fingerprint density at radius 2 is 1.72 bits per heavy atom. The maximum atomic E-state index is 12.5. The zero-order valence-corrected chi connectivity index (χ0v) is 15.3.